The van der Waals surface area contributed by atoms with Crippen molar-refractivity contribution in [2.45, 2.75) is 24.8 Å². The molecule has 3 rings (SSSR count). The Morgan fingerprint density at radius 1 is 1.00 bits per heavy atom. The van der Waals surface area contributed by atoms with Gasteiger partial charge in [-0.05, 0) is 37.1 Å². The maximum Gasteiger partial charge on any atom is 0.328 e. The first-order valence-corrected chi connectivity index (χ1v) is 9.44. The van der Waals surface area contributed by atoms with E-state index in [-0.39, 0.29) is 16.6 Å². The van der Waals surface area contributed by atoms with Gasteiger partial charge in [0, 0.05) is 20.1 Å². The first-order chi connectivity index (χ1) is 11.7. The zero-order valence-electron chi connectivity index (χ0n) is 14.6. The van der Waals surface area contributed by atoms with Crippen molar-refractivity contribution in [3.8, 4) is 0 Å². The largest absolute Gasteiger partial charge is 0.328 e. The molecule has 3 aromatic rings. The minimum absolute atomic E-state index is 0.184. The Hall–Kier alpha value is -2.38. The summed E-state index contributed by atoms with van der Waals surface area (Å²) in [6, 6.07) is 12.3. The van der Waals surface area contributed by atoms with E-state index in [2.05, 4.69) is 4.72 Å². The predicted molar refractivity (Wildman–Crippen MR) is 98.1 cm³/mol. The van der Waals surface area contributed by atoms with E-state index in [1.165, 1.54) is 9.13 Å². The number of nitrogens with one attached hydrogen (secondary N) is 1. The molecule has 0 bridgehead atoms. The van der Waals surface area contributed by atoms with Crippen molar-refractivity contribution in [3.05, 3.63) is 64.1 Å². The molecular weight excluding hydrogens is 338 g/mol. The summed E-state index contributed by atoms with van der Waals surface area (Å²) >= 11 is 0. The van der Waals surface area contributed by atoms with E-state index in [4.69, 9.17) is 0 Å². The summed E-state index contributed by atoms with van der Waals surface area (Å²) in [6.07, 6.45) is 0. The average Bonchev–Trinajstić information content (AvgIpc) is 2.78. The Labute approximate surface area is 146 Å². The molecule has 1 heterocycles. The highest BCUT2D eigenvalue weighted by atomic mass is 32.2. The van der Waals surface area contributed by atoms with E-state index in [1.807, 2.05) is 30.3 Å². The Balaban J connectivity index is 2.07. The third kappa shape index (κ3) is 3.01. The third-order valence-corrected chi connectivity index (χ3v) is 6.17. The Morgan fingerprint density at radius 2 is 1.56 bits per heavy atom. The van der Waals surface area contributed by atoms with Gasteiger partial charge in [-0.2, -0.15) is 0 Å². The molecular formula is C18H21N3O3S. The van der Waals surface area contributed by atoms with Gasteiger partial charge in [-0.15, -0.1) is 0 Å². The third-order valence-electron chi connectivity index (χ3n) is 4.49. The molecule has 0 fully saturated rings. The molecule has 0 aliphatic heterocycles. The standard InChI is InChI=1S/C18H21N3O3S/c1-12-10-15-16(21(4)18(22)20(15)3)11-17(12)25(23,24)19-13(2)14-8-6-5-7-9-14/h5-11,13,19H,1-4H3. The van der Waals surface area contributed by atoms with Gasteiger partial charge in [-0.1, -0.05) is 30.3 Å². The monoisotopic (exact) mass is 359 g/mol. The molecule has 0 aliphatic rings. The van der Waals surface area contributed by atoms with Crippen LogP contribution in [0.5, 0.6) is 0 Å². The van der Waals surface area contributed by atoms with Crippen LogP contribution in [-0.4, -0.2) is 17.6 Å². The number of aryl methyl sites for hydroxylation is 3. The van der Waals surface area contributed by atoms with Gasteiger partial charge >= 0.3 is 5.69 Å². The van der Waals surface area contributed by atoms with Crippen molar-refractivity contribution in [1.29, 1.82) is 0 Å². The van der Waals surface area contributed by atoms with E-state index >= 15 is 0 Å². The molecule has 0 aliphatic carbocycles. The minimum Gasteiger partial charge on any atom is -0.295 e. The molecule has 0 radical (unpaired) electrons. The van der Waals surface area contributed by atoms with Crippen LogP contribution in [0.25, 0.3) is 11.0 Å². The summed E-state index contributed by atoms with van der Waals surface area (Å²) in [7, 11) is -0.415. The summed E-state index contributed by atoms with van der Waals surface area (Å²) in [5, 5.41) is 0. The van der Waals surface area contributed by atoms with Crippen LogP contribution in [0, 0.1) is 6.92 Å². The smallest absolute Gasteiger partial charge is 0.295 e. The average molecular weight is 359 g/mol. The first kappa shape index (κ1) is 17.4. The van der Waals surface area contributed by atoms with Gasteiger partial charge in [-0.25, -0.2) is 17.9 Å². The van der Waals surface area contributed by atoms with Crippen LogP contribution in [-0.2, 0) is 24.1 Å². The second-order valence-electron chi connectivity index (χ2n) is 6.26. The van der Waals surface area contributed by atoms with Gasteiger partial charge in [-0.3, -0.25) is 9.13 Å². The zero-order valence-corrected chi connectivity index (χ0v) is 15.5. The van der Waals surface area contributed by atoms with Crippen LogP contribution < -0.4 is 10.4 Å². The van der Waals surface area contributed by atoms with E-state index in [9.17, 15) is 13.2 Å². The molecule has 25 heavy (non-hydrogen) atoms. The molecule has 7 heteroatoms. The summed E-state index contributed by atoms with van der Waals surface area (Å²) < 4.78 is 31.4. The maximum absolute atomic E-state index is 12.9. The molecule has 0 saturated carbocycles. The lowest BCUT2D eigenvalue weighted by molar-refractivity contribution is 0.566. The number of nitrogens with zero attached hydrogens (tertiary/aromatic N) is 2. The van der Waals surface area contributed by atoms with Gasteiger partial charge in [0.2, 0.25) is 10.0 Å². The molecule has 1 aromatic heterocycles. The second-order valence-corrected chi connectivity index (χ2v) is 7.94. The predicted octanol–water partition coefficient (Wildman–Crippen LogP) is 2.22. The summed E-state index contributed by atoms with van der Waals surface area (Å²) in [4.78, 5) is 12.3. The minimum atomic E-state index is -3.72. The lowest BCUT2D eigenvalue weighted by atomic mass is 10.1. The normalized spacial score (nSPS) is 13.3. The molecule has 1 atom stereocenters. The number of fused-ring (bicyclic) bond motifs is 1. The highest BCUT2D eigenvalue weighted by Gasteiger charge is 2.22. The number of aromatic nitrogens is 2. The van der Waals surface area contributed by atoms with Crippen LogP contribution in [0.4, 0.5) is 0 Å². The lowest BCUT2D eigenvalue weighted by Gasteiger charge is -2.16. The fourth-order valence-corrected chi connectivity index (χ4v) is 4.50. The summed E-state index contributed by atoms with van der Waals surface area (Å²) in [5.74, 6) is 0. The Bertz CT molecular complexity index is 1100. The van der Waals surface area contributed by atoms with Crippen LogP contribution >= 0.6 is 0 Å². The van der Waals surface area contributed by atoms with Gasteiger partial charge in [0.25, 0.3) is 0 Å². The van der Waals surface area contributed by atoms with Crippen LogP contribution in [0.2, 0.25) is 0 Å². The number of hydrogen-bond acceptors (Lipinski definition) is 3. The molecule has 0 saturated heterocycles. The topological polar surface area (TPSA) is 73.1 Å². The lowest BCUT2D eigenvalue weighted by Crippen LogP contribution is -2.27. The van der Waals surface area contributed by atoms with Gasteiger partial charge < -0.3 is 0 Å². The number of hydrogen-bond donors (Lipinski definition) is 1. The van der Waals surface area contributed by atoms with Crippen molar-refractivity contribution in [1.82, 2.24) is 13.9 Å². The number of sulfonamides is 1. The van der Waals surface area contributed by atoms with E-state index in [0.29, 0.717) is 16.6 Å². The van der Waals surface area contributed by atoms with Crippen LogP contribution in [0.15, 0.2) is 52.2 Å². The highest BCUT2D eigenvalue weighted by molar-refractivity contribution is 7.89. The number of benzene rings is 2. The molecule has 1 N–H and O–H groups in total. The van der Waals surface area contributed by atoms with Gasteiger partial charge in [0.05, 0.1) is 15.9 Å². The molecule has 1 unspecified atom stereocenters. The van der Waals surface area contributed by atoms with Crippen LogP contribution in [0.1, 0.15) is 24.1 Å². The van der Waals surface area contributed by atoms with E-state index in [1.54, 1.807) is 40.1 Å². The molecule has 0 spiro atoms. The second kappa shape index (κ2) is 6.16. The molecule has 6 nitrogen and oxygen atoms in total. The molecule has 0 amide bonds. The Kier molecular flexibility index (Phi) is 4.30. The summed E-state index contributed by atoms with van der Waals surface area (Å²) in [5.41, 5.74) is 2.60. The fraction of sp³-hybridized carbons (Fsp3) is 0.278. The first-order valence-electron chi connectivity index (χ1n) is 7.95. The van der Waals surface area contributed by atoms with Crippen molar-refractivity contribution in [2.24, 2.45) is 14.1 Å². The van der Waals surface area contributed by atoms with E-state index in [0.717, 1.165) is 5.56 Å². The number of imidazole rings is 1. The Morgan fingerprint density at radius 3 is 2.16 bits per heavy atom. The maximum atomic E-state index is 12.9. The summed E-state index contributed by atoms with van der Waals surface area (Å²) in [6.45, 7) is 3.54. The van der Waals surface area contributed by atoms with E-state index < -0.39 is 10.0 Å². The molecule has 2 aromatic carbocycles. The SMILES string of the molecule is Cc1cc2c(cc1S(=O)(=O)NC(C)c1ccccc1)n(C)c(=O)n2C. The van der Waals surface area contributed by atoms with Crippen molar-refractivity contribution in [3.63, 3.8) is 0 Å². The van der Waals surface area contributed by atoms with Crippen LogP contribution in [0.3, 0.4) is 0 Å². The zero-order chi connectivity index (χ0) is 18.4. The molecule has 132 valence electrons. The van der Waals surface area contributed by atoms with Gasteiger partial charge in [0.15, 0.2) is 0 Å². The van der Waals surface area contributed by atoms with Crippen molar-refractivity contribution < 1.29 is 8.42 Å². The van der Waals surface area contributed by atoms with Gasteiger partial charge in [0.1, 0.15) is 0 Å². The fourth-order valence-electron chi connectivity index (χ4n) is 3.03. The number of rotatable bonds is 4. The highest BCUT2D eigenvalue weighted by Crippen LogP contribution is 2.24. The van der Waals surface area contributed by atoms with Crippen molar-refractivity contribution >= 4 is 21.1 Å². The van der Waals surface area contributed by atoms with Crippen molar-refractivity contribution in [2.75, 3.05) is 0 Å². The quantitative estimate of drug-likeness (QED) is 0.776.